The molecule has 1 fully saturated rings. The number of halogens is 1. The summed E-state index contributed by atoms with van der Waals surface area (Å²) in [7, 11) is 6.15. The van der Waals surface area contributed by atoms with Crippen LogP contribution < -0.4 is 11.2 Å². The van der Waals surface area contributed by atoms with Gasteiger partial charge in [0.1, 0.15) is 6.23 Å². The van der Waals surface area contributed by atoms with E-state index in [1.54, 1.807) is 6.92 Å². The molecule has 1 unspecified atom stereocenters. The molecular formula is C11H19IN2O3P2S. The molecule has 1 N–H and O–H groups in total. The maximum atomic E-state index is 12.1. The van der Waals surface area contributed by atoms with Crippen LogP contribution in [0.15, 0.2) is 15.8 Å². The molecule has 0 radical (unpaired) electrons. The highest BCUT2D eigenvalue weighted by Crippen LogP contribution is 2.46. The van der Waals surface area contributed by atoms with Crippen LogP contribution in [0, 0.1) is 6.92 Å². The molecule has 2 rings (SSSR count). The Hall–Kier alpha value is 0.450. The largest absolute Gasteiger partial charge is 0.353 e. The summed E-state index contributed by atoms with van der Waals surface area (Å²) < 4.78 is 16.0. The second-order valence-electron chi connectivity index (χ2n) is 4.94. The SMILES string of the molecule is [3H]S(=P)(P)(I)[C@H]1C[C@@H](CC)O[C@H]1n1cc(C)c(=O)[nH]c1=O. The van der Waals surface area contributed by atoms with Crippen LogP contribution in [0.2, 0.25) is 0 Å². The summed E-state index contributed by atoms with van der Waals surface area (Å²) in [6.07, 6.45) is 2.49. The Morgan fingerprint density at radius 2 is 2.40 bits per heavy atom. The van der Waals surface area contributed by atoms with E-state index in [0.717, 1.165) is 6.42 Å². The lowest BCUT2D eigenvalue weighted by atomic mass is 10.2. The normalized spacial score (nSPS) is 29.7. The minimum Gasteiger partial charge on any atom is -0.353 e. The first-order chi connectivity index (χ1) is 9.49. The zero-order chi connectivity index (χ0) is 16.0. The van der Waals surface area contributed by atoms with E-state index in [1.165, 1.54) is 10.8 Å². The Morgan fingerprint density at radius 1 is 1.75 bits per heavy atom. The summed E-state index contributed by atoms with van der Waals surface area (Å²) in [6, 6.07) is 0. The van der Waals surface area contributed by atoms with Crippen molar-refractivity contribution in [2.24, 2.45) is 0 Å². The predicted octanol–water partition coefficient (Wildman–Crippen LogP) is 2.00. The summed E-state index contributed by atoms with van der Waals surface area (Å²) in [6.45, 7) is 3.66. The fourth-order valence-corrected chi connectivity index (χ4v) is 6.09. The standard InChI is InChI=1S/C11H19IN2O3P2S/c1-3-7-4-8(20(12,18)19)10(17-7)14-5-6(2)9(15)13-11(14)16/h5,7-8,10,18,20H,3-4,19H2,1-2H3,(H,13,15,16)/t7-,8+,10-/m1/s1/i20T. The average molecular weight is 450 g/mol. The number of thiol groups is 1. The van der Waals surface area contributed by atoms with Crippen LogP contribution in [0.4, 0.5) is 0 Å². The number of hydrogen-bond donors (Lipinski definition) is 2. The van der Waals surface area contributed by atoms with Crippen molar-refractivity contribution in [1.29, 1.82) is 1.12 Å². The van der Waals surface area contributed by atoms with Gasteiger partial charge < -0.3 is 4.74 Å². The number of nitrogens with one attached hydrogen (secondary N) is 1. The van der Waals surface area contributed by atoms with Crippen LogP contribution in [0.1, 0.15) is 31.6 Å². The number of aryl methyl sites for hydroxylation is 1. The predicted molar refractivity (Wildman–Crippen MR) is 99.5 cm³/mol. The van der Waals surface area contributed by atoms with Gasteiger partial charge in [-0.15, -0.1) is 0 Å². The van der Waals surface area contributed by atoms with E-state index in [9.17, 15) is 9.59 Å². The average Bonchev–Trinajstić information content (AvgIpc) is 2.77. The topological polar surface area (TPSA) is 64.1 Å². The van der Waals surface area contributed by atoms with Crippen molar-refractivity contribution in [3.05, 3.63) is 32.6 Å². The van der Waals surface area contributed by atoms with Gasteiger partial charge in [0.05, 0.1) is 7.23 Å². The number of hydrogen-bond acceptors (Lipinski definition) is 3. The molecule has 20 heavy (non-hydrogen) atoms. The maximum absolute atomic E-state index is 12.1. The lowest BCUT2D eigenvalue weighted by Crippen LogP contribution is -2.37. The lowest BCUT2D eigenvalue weighted by Gasteiger charge is -2.28. The molecule has 1 aliphatic rings. The first-order valence-corrected chi connectivity index (χ1v) is 13.2. The zero-order valence-corrected chi connectivity index (χ0v) is 16.4. The van der Waals surface area contributed by atoms with Gasteiger partial charge in [-0.25, -0.2) is 4.79 Å². The highest BCUT2D eigenvalue weighted by molar-refractivity contribution is 14.2. The van der Waals surface area contributed by atoms with Crippen molar-refractivity contribution in [2.45, 2.75) is 44.3 Å². The van der Waals surface area contributed by atoms with Crippen LogP contribution in [-0.2, 0) is 10.6 Å². The second kappa shape index (κ2) is 6.29. The third-order valence-corrected chi connectivity index (χ3v) is 8.68. The van der Waals surface area contributed by atoms with Crippen molar-refractivity contribution in [3.63, 3.8) is 0 Å². The quantitative estimate of drug-likeness (QED) is 0.421. The molecule has 0 aliphatic carbocycles. The van der Waals surface area contributed by atoms with E-state index >= 15 is 0 Å². The molecule has 114 valence electrons. The monoisotopic (exact) mass is 450 g/mol. The number of nitrogens with zero attached hydrogens (tertiary/aromatic N) is 1. The Balaban J connectivity index is 2.55. The summed E-state index contributed by atoms with van der Waals surface area (Å²) in [5, 5.41) is -0.169. The van der Waals surface area contributed by atoms with E-state index in [1.807, 2.05) is 6.92 Å². The van der Waals surface area contributed by atoms with E-state index in [2.05, 4.69) is 42.6 Å². The molecule has 5 nitrogen and oxygen atoms in total. The summed E-state index contributed by atoms with van der Waals surface area (Å²) in [5.41, 5.74) is -0.439. The molecule has 1 aromatic rings. The van der Waals surface area contributed by atoms with Crippen molar-refractivity contribution in [1.82, 2.24) is 9.55 Å². The Labute approximate surface area is 135 Å². The molecule has 0 spiro atoms. The van der Waals surface area contributed by atoms with Crippen molar-refractivity contribution >= 4 is 43.6 Å². The number of H-pyrrole nitrogens is 1. The summed E-state index contributed by atoms with van der Waals surface area (Å²) in [4.78, 5) is 25.9. The van der Waals surface area contributed by atoms with Gasteiger partial charge in [-0.1, -0.05) is 23.4 Å². The van der Waals surface area contributed by atoms with Gasteiger partial charge in [0.25, 0.3) is 5.56 Å². The van der Waals surface area contributed by atoms with E-state index in [4.69, 9.17) is 5.86 Å². The van der Waals surface area contributed by atoms with Crippen molar-refractivity contribution in [2.75, 3.05) is 0 Å². The van der Waals surface area contributed by atoms with Crippen LogP contribution in [-0.4, -0.2) is 22.0 Å². The van der Waals surface area contributed by atoms with Crippen LogP contribution in [0.5, 0.6) is 0 Å². The fourth-order valence-electron chi connectivity index (χ4n) is 2.31. The maximum Gasteiger partial charge on any atom is 0.330 e. The first-order valence-electron chi connectivity index (χ1n) is 6.66. The smallest absolute Gasteiger partial charge is 0.330 e. The summed E-state index contributed by atoms with van der Waals surface area (Å²) in [5.74, 6) is -2.73. The Morgan fingerprint density at radius 3 is 2.95 bits per heavy atom. The van der Waals surface area contributed by atoms with Crippen molar-refractivity contribution < 1.29 is 4.74 Å². The molecule has 0 amide bonds. The molecule has 1 aliphatic heterocycles. The molecular weight excluding hydrogens is 429 g/mol. The lowest BCUT2D eigenvalue weighted by molar-refractivity contribution is -0.000584. The van der Waals surface area contributed by atoms with Gasteiger partial charge >= 0.3 is 5.69 Å². The number of ether oxygens (including phenoxy) is 1. The van der Waals surface area contributed by atoms with Gasteiger partial charge in [0.2, 0.25) is 0 Å². The molecule has 4 atom stereocenters. The van der Waals surface area contributed by atoms with Crippen LogP contribution >= 0.6 is 37.7 Å². The van der Waals surface area contributed by atoms with Gasteiger partial charge in [0.15, 0.2) is 0 Å². The highest BCUT2D eigenvalue weighted by Gasteiger charge is 2.39. The number of aromatic nitrogens is 2. The third-order valence-electron chi connectivity index (χ3n) is 3.46. The third kappa shape index (κ3) is 3.43. The molecule has 1 saturated heterocycles. The first kappa shape index (κ1) is 15.3. The Bertz CT molecular complexity index is 733. The molecule has 2 heterocycles. The van der Waals surface area contributed by atoms with Gasteiger partial charge in [-0.2, -0.15) is 5.90 Å². The molecule has 0 bridgehead atoms. The van der Waals surface area contributed by atoms with E-state index in [0.29, 0.717) is 12.0 Å². The summed E-state index contributed by atoms with van der Waals surface area (Å²) >= 11 is 2.09. The van der Waals surface area contributed by atoms with Gasteiger partial charge in [-0.3, -0.25) is 14.3 Å². The highest BCUT2D eigenvalue weighted by atomic mass is 127. The fraction of sp³-hybridized carbons (Fsp3) is 0.636. The zero-order valence-electron chi connectivity index (χ0n) is 12.3. The van der Waals surface area contributed by atoms with Crippen LogP contribution in [0.3, 0.4) is 0 Å². The van der Waals surface area contributed by atoms with Crippen LogP contribution in [0.25, 0.3) is 0 Å². The minimum atomic E-state index is -2.73. The second-order valence-corrected chi connectivity index (χ2v) is 22.2. The van der Waals surface area contributed by atoms with E-state index < -0.39 is 23.4 Å². The van der Waals surface area contributed by atoms with Gasteiger partial charge in [0, 0.05) is 17.0 Å². The number of rotatable bonds is 3. The van der Waals surface area contributed by atoms with Gasteiger partial charge in [-0.05, 0) is 41.0 Å². The minimum absolute atomic E-state index is 0.00616. The molecule has 1 aromatic heterocycles. The molecule has 0 aromatic carbocycles. The number of aromatic amines is 1. The molecule has 0 saturated carbocycles. The Kier molecular flexibility index (Phi) is 4.83. The van der Waals surface area contributed by atoms with E-state index in [-0.39, 0.29) is 11.4 Å². The molecule has 9 heteroatoms. The van der Waals surface area contributed by atoms with Crippen molar-refractivity contribution in [3.8, 4) is 0 Å².